The molecule has 1 unspecified atom stereocenters. The van der Waals surface area contributed by atoms with Crippen LogP contribution in [0.1, 0.15) is 56.3 Å². The SMILES string of the molecule is CC(C)C(CCN)CCc1nn2c(C3CC3)nnc2s1. The standard InChI is InChI=1S/C14H23N5S/c1-9(2)10(7-8-15)5-6-12-18-19-13(11-3-4-11)16-17-14(19)20-12/h9-11H,3-8,15H2,1-2H3. The van der Waals surface area contributed by atoms with E-state index in [0.717, 1.165) is 36.6 Å². The zero-order valence-corrected chi connectivity index (χ0v) is 13.1. The lowest BCUT2D eigenvalue weighted by molar-refractivity contribution is 0.341. The Morgan fingerprint density at radius 1 is 1.30 bits per heavy atom. The van der Waals surface area contributed by atoms with Gasteiger partial charge in [0, 0.05) is 12.3 Å². The van der Waals surface area contributed by atoms with Gasteiger partial charge < -0.3 is 5.73 Å². The summed E-state index contributed by atoms with van der Waals surface area (Å²) >= 11 is 1.68. The summed E-state index contributed by atoms with van der Waals surface area (Å²) in [6.45, 7) is 5.34. The lowest BCUT2D eigenvalue weighted by Gasteiger charge is -2.19. The summed E-state index contributed by atoms with van der Waals surface area (Å²) in [6, 6.07) is 0. The molecule has 3 rings (SSSR count). The highest BCUT2D eigenvalue weighted by Gasteiger charge is 2.30. The molecule has 0 spiro atoms. The van der Waals surface area contributed by atoms with Gasteiger partial charge in [0.05, 0.1) is 0 Å². The molecule has 0 amide bonds. The molecule has 1 fully saturated rings. The third-order valence-corrected chi connectivity index (χ3v) is 5.17. The Bertz CT molecular complexity index is 569. The minimum absolute atomic E-state index is 0.598. The predicted octanol–water partition coefficient (Wildman–Crippen LogP) is 2.62. The second-order valence-corrected chi connectivity index (χ2v) is 7.18. The minimum Gasteiger partial charge on any atom is -0.330 e. The predicted molar refractivity (Wildman–Crippen MR) is 81.0 cm³/mol. The molecule has 1 aliphatic rings. The summed E-state index contributed by atoms with van der Waals surface area (Å²) < 4.78 is 1.96. The van der Waals surface area contributed by atoms with Crippen molar-refractivity contribution in [2.45, 2.75) is 51.9 Å². The van der Waals surface area contributed by atoms with E-state index in [4.69, 9.17) is 10.8 Å². The fourth-order valence-corrected chi connectivity index (χ4v) is 3.56. The van der Waals surface area contributed by atoms with E-state index in [0.29, 0.717) is 17.8 Å². The smallest absolute Gasteiger partial charge is 0.234 e. The first kappa shape index (κ1) is 13.9. The van der Waals surface area contributed by atoms with E-state index in [9.17, 15) is 0 Å². The fourth-order valence-electron chi connectivity index (χ4n) is 2.70. The molecule has 0 aliphatic heterocycles. The van der Waals surface area contributed by atoms with E-state index < -0.39 is 0 Å². The maximum absolute atomic E-state index is 5.71. The Labute approximate surface area is 123 Å². The van der Waals surface area contributed by atoms with Crippen LogP contribution in [0, 0.1) is 11.8 Å². The van der Waals surface area contributed by atoms with Gasteiger partial charge >= 0.3 is 0 Å². The van der Waals surface area contributed by atoms with Gasteiger partial charge in [-0.2, -0.15) is 9.61 Å². The zero-order valence-electron chi connectivity index (χ0n) is 12.2. The second-order valence-electron chi connectivity index (χ2n) is 6.14. The number of nitrogens with zero attached hydrogens (tertiary/aromatic N) is 4. The quantitative estimate of drug-likeness (QED) is 0.852. The molecule has 1 aliphatic carbocycles. The van der Waals surface area contributed by atoms with Crippen LogP contribution in [0.3, 0.4) is 0 Å². The Morgan fingerprint density at radius 2 is 2.10 bits per heavy atom. The van der Waals surface area contributed by atoms with Gasteiger partial charge in [-0.05, 0) is 44.1 Å². The molecular formula is C14H23N5S. The number of aryl methyl sites for hydroxylation is 1. The highest BCUT2D eigenvalue weighted by molar-refractivity contribution is 7.16. The molecule has 110 valence electrons. The molecule has 1 atom stereocenters. The monoisotopic (exact) mass is 293 g/mol. The molecule has 1 saturated carbocycles. The number of rotatable bonds is 7. The van der Waals surface area contributed by atoms with Crippen molar-refractivity contribution in [3.05, 3.63) is 10.8 Å². The summed E-state index contributed by atoms with van der Waals surface area (Å²) in [5.74, 6) is 3.04. The van der Waals surface area contributed by atoms with Crippen LogP contribution < -0.4 is 5.73 Å². The van der Waals surface area contributed by atoms with E-state index in [1.165, 1.54) is 17.8 Å². The normalized spacial score (nSPS) is 17.2. The largest absolute Gasteiger partial charge is 0.330 e. The van der Waals surface area contributed by atoms with Crippen molar-refractivity contribution < 1.29 is 0 Å². The van der Waals surface area contributed by atoms with E-state index in [-0.39, 0.29) is 0 Å². The Morgan fingerprint density at radius 3 is 2.75 bits per heavy atom. The van der Waals surface area contributed by atoms with Crippen LogP contribution >= 0.6 is 11.3 Å². The Balaban J connectivity index is 1.68. The van der Waals surface area contributed by atoms with Crippen LogP contribution in [0.15, 0.2) is 0 Å². The Hall–Kier alpha value is -1.01. The topological polar surface area (TPSA) is 69.1 Å². The first-order valence-electron chi connectivity index (χ1n) is 7.60. The molecule has 2 aromatic heterocycles. The number of hydrogen-bond acceptors (Lipinski definition) is 5. The molecule has 20 heavy (non-hydrogen) atoms. The molecule has 2 N–H and O–H groups in total. The maximum atomic E-state index is 5.71. The van der Waals surface area contributed by atoms with Crippen LogP contribution in [0.5, 0.6) is 0 Å². The summed E-state index contributed by atoms with van der Waals surface area (Å²) in [4.78, 5) is 0.946. The summed E-state index contributed by atoms with van der Waals surface area (Å²) in [7, 11) is 0. The van der Waals surface area contributed by atoms with Crippen molar-refractivity contribution in [2.75, 3.05) is 6.54 Å². The van der Waals surface area contributed by atoms with Crippen LogP contribution in [0.25, 0.3) is 4.96 Å². The second kappa shape index (κ2) is 5.77. The molecule has 5 nitrogen and oxygen atoms in total. The molecule has 0 bridgehead atoms. The highest BCUT2D eigenvalue weighted by Crippen LogP contribution is 2.39. The van der Waals surface area contributed by atoms with E-state index in [1.54, 1.807) is 11.3 Å². The van der Waals surface area contributed by atoms with Gasteiger partial charge in [-0.25, -0.2) is 0 Å². The van der Waals surface area contributed by atoms with Gasteiger partial charge in [-0.15, -0.1) is 10.2 Å². The molecule has 0 radical (unpaired) electrons. The van der Waals surface area contributed by atoms with Gasteiger partial charge in [0.15, 0.2) is 5.82 Å². The van der Waals surface area contributed by atoms with Gasteiger partial charge in [-0.1, -0.05) is 25.2 Å². The van der Waals surface area contributed by atoms with Crippen LogP contribution in [-0.4, -0.2) is 26.4 Å². The van der Waals surface area contributed by atoms with Crippen LogP contribution in [0.2, 0.25) is 0 Å². The average molecular weight is 293 g/mol. The summed E-state index contributed by atoms with van der Waals surface area (Å²) in [6.07, 6.45) is 5.77. The van der Waals surface area contributed by atoms with Crippen molar-refractivity contribution in [1.29, 1.82) is 0 Å². The minimum atomic E-state index is 0.598. The first-order chi connectivity index (χ1) is 9.69. The van der Waals surface area contributed by atoms with Crippen molar-refractivity contribution in [1.82, 2.24) is 19.8 Å². The van der Waals surface area contributed by atoms with Gasteiger partial charge in [0.1, 0.15) is 5.01 Å². The molecule has 0 saturated heterocycles. The maximum Gasteiger partial charge on any atom is 0.234 e. The lowest BCUT2D eigenvalue weighted by atomic mass is 9.88. The molecule has 2 heterocycles. The number of hydrogen-bond donors (Lipinski definition) is 1. The van der Waals surface area contributed by atoms with Crippen molar-refractivity contribution in [2.24, 2.45) is 17.6 Å². The van der Waals surface area contributed by atoms with Crippen molar-refractivity contribution >= 4 is 16.3 Å². The average Bonchev–Trinajstić information content (AvgIpc) is 3.05. The zero-order chi connectivity index (χ0) is 14.1. The van der Waals surface area contributed by atoms with Gasteiger partial charge in [0.2, 0.25) is 4.96 Å². The molecular weight excluding hydrogens is 270 g/mol. The van der Waals surface area contributed by atoms with Crippen LogP contribution in [-0.2, 0) is 6.42 Å². The third kappa shape index (κ3) is 2.86. The molecule has 6 heteroatoms. The first-order valence-corrected chi connectivity index (χ1v) is 8.41. The number of nitrogens with two attached hydrogens (primary N) is 1. The van der Waals surface area contributed by atoms with E-state index in [2.05, 4.69) is 24.0 Å². The van der Waals surface area contributed by atoms with Crippen molar-refractivity contribution in [3.63, 3.8) is 0 Å². The number of fused-ring (bicyclic) bond motifs is 1. The van der Waals surface area contributed by atoms with E-state index >= 15 is 0 Å². The lowest BCUT2D eigenvalue weighted by Crippen LogP contribution is -2.15. The molecule has 0 aromatic carbocycles. The third-order valence-electron chi connectivity index (χ3n) is 4.21. The van der Waals surface area contributed by atoms with Gasteiger partial charge in [-0.3, -0.25) is 0 Å². The summed E-state index contributed by atoms with van der Waals surface area (Å²) in [5, 5.41) is 14.4. The van der Waals surface area contributed by atoms with Crippen LogP contribution in [0.4, 0.5) is 0 Å². The fraction of sp³-hybridized carbons (Fsp3) is 0.786. The van der Waals surface area contributed by atoms with Gasteiger partial charge in [0.25, 0.3) is 0 Å². The van der Waals surface area contributed by atoms with E-state index in [1.807, 2.05) is 4.52 Å². The summed E-state index contributed by atoms with van der Waals surface area (Å²) in [5.41, 5.74) is 5.71. The number of aromatic nitrogens is 4. The molecule has 2 aromatic rings. The van der Waals surface area contributed by atoms with Crippen molar-refractivity contribution in [3.8, 4) is 0 Å². The highest BCUT2D eigenvalue weighted by atomic mass is 32.1. The Kier molecular flexibility index (Phi) is 4.03.